The highest BCUT2D eigenvalue weighted by atomic mass is 32.1. The normalized spacial score (nSPS) is 8.64. The Kier molecular flexibility index (Phi) is 6.53. The molecule has 0 bridgehead atoms. The molecule has 0 saturated carbocycles. The summed E-state index contributed by atoms with van der Waals surface area (Å²) in [6.45, 7) is -3.67. The third kappa shape index (κ3) is 7.39. The van der Waals surface area contributed by atoms with Crippen molar-refractivity contribution in [2.75, 3.05) is 0 Å². The molecule has 2 nitrogen and oxygen atoms in total. The summed E-state index contributed by atoms with van der Waals surface area (Å²) in [5.41, 5.74) is 0.604. The first kappa shape index (κ1) is 12.7. The quantitative estimate of drug-likeness (QED) is 0.440. The largest absolute Gasteiger partial charge is 0.379 e. The van der Waals surface area contributed by atoms with Gasteiger partial charge in [-0.25, -0.2) is 4.79 Å². The minimum absolute atomic E-state index is 0.604. The Balaban J connectivity index is 0.000000364. The van der Waals surface area contributed by atoms with Crippen molar-refractivity contribution in [3.63, 3.8) is 0 Å². The van der Waals surface area contributed by atoms with Gasteiger partial charge in [0.25, 0.3) is 0 Å². The van der Waals surface area contributed by atoms with E-state index in [2.05, 4.69) is 17.6 Å². The van der Waals surface area contributed by atoms with Crippen LogP contribution in [0.5, 0.6) is 0 Å². The van der Waals surface area contributed by atoms with Crippen LogP contribution in [0.3, 0.4) is 0 Å². The van der Waals surface area contributed by atoms with E-state index >= 15 is 0 Å². The Morgan fingerprint density at radius 3 is 2.00 bits per heavy atom. The molecular weight excluding hydrogens is 215 g/mol. The predicted molar refractivity (Wildman–Crippen MR) is 48.6 cm³/mol. The Hall–Kier alpha value is -1.26. The highest BCUT2D eigenvalue weighted by Crippen LogP contribution is 2.13. The van der Waals surface area contributed by atoms with Crippen LogP contribution in [-0.4, -0.2) is 12.8 Å². The molecule has 0 aliphatic rings. The molecule has 1 aromatic rings. The molecule has 0 aliphatic heterocycles. The molecule has 0 radical (unpaired) electrons. The van der Waals surface area contributed by atoms with Crippen molar-refractivity contribution < 1.29 is 18.0 Å². The summed E-state index contributed by atoms with van der Waals surface area (Å²) in [5, 5.41) is 0. The van der Waals surface area contributed by atoms with E-state index in [1.165, 1.54) is 6.08 Å². The van der Waals surface area contributed by atoms with Crippen LogP contribution in [0.1, 0.15) is 0 Å². The van der Waals surface area contributed by atoms with Gasteiger partial charge in [0.05, 0.1) is 5.69 Å². The van der Waals surface area contributed by atoms with Gasteiger partial charge in [-0.05, 0) is 24.3 Å². The Morgan fingerprint density at radius 2 is 1.64 bits per heavy atom. The van der Waals surface area contributed by atoms with Gasteiger partial charge in [0, 0.05) is 4.90 Å². The molecule has 0 N–H and O–H groups in total. The number of alkyl halides is 3. The van der Waals surface area contributed by atoms with Crippen LogP contribution in [-0.2, 0) is 4.79 Å². The highest BCUT2D eigenvalue weighted by molar-refractivity contribution is 7.80. The molecule has 14 heavy (non-hydrogen) atoms. The lowest BCUT2D eigenvalue weighted by Crippen LogP contribution is -1.65. The summed E-state index contributed by atoms with van der Waals surface area (Å²) in [6.07, 6.45) is 1.45. The fourth-order valence-corrected chi connectivity index (χ4v) is 0.729. The van der Waals surface area contributed by atoms with Gasteiger partial charge in [0.1, 0.15) is 0 Å². The van der Waals surface area contributed by atoms with Crippen LogP contribution < -0.4 is 0 Å². The Bertz CT molecular complexity index is 306. The van der Waals surface area contributed by atoms with Gasteiger partial charge in [0.2, 0.25) is 6.08 Å². The first-order valence-electron chi connectivity index (χ1n) is 3.35. The van der Waals surface area contributed by atoms with E-state index in [-0.39, 0.29) is 0 Å². The lowest BCUT2D eigenvalue weighted by Gasteiger charge is -1.89. The van der Waals surface area contributed by atoms with Gasteiger partial charge < -0.3 is 0 Å². The van der Waals surface area contributed by atoms with Crippen molar-refractivity contribution in [1.29, 1.82) is 0 Å². The number of aliphatic imine (C=N–C) groups is 1. The maximum absolute atomic E-state index is 9.75. The second-order valence-corrected chi connectivity index (χ2v) is 2.48. The van der Waals surface area contributed by atoms with Crippen LogP contribution in [0.25, 0.3) is 0 Å². The average Bonchev–Trinajstić information content (AvgIpc) is 2.08. The number of thiol groups is 1. The molecule has 0 fully saturated rings. The maximum atomic E-state index is 9.75. The number of halogens is 3. The smallest absolute Gasteiger partial charge is 0.211 e. The number of benzene rings is 1. The molecule has 0 unspecified atom stereocenters. The molecule has 0 heterocycles. The van der Waals surface area contributed by atoms with Gasteiger partial charge in [-0.2, -0.15) is 18.2 Å². The second kappa shape index (κ2) is 7.17. The van der Waals surface area contributed by atoms with E-state index in [1.807, 2.05) is 0 Å². The molecule has 76 valence electrons. The maximum Gasteiger partial charge on any atom is 0.379 e. The molecule has 0 saturated heterocycles. The number of carbonyl (C=O) groups excluding carboxylic acids is 1. The first-order valence-corrected chi connectivity index (χ1v) is 3.80. The Labute approximate surface area is 83.9 Å². The molecule has 6 heteroatoms. The summed E-state index contributed by atoms with van der Waals surface area (Å²) < 4.78 is 29.0. The lowest BCUT2D eigenvalue weighted by molar-refractivity contribution is 0.00819. The van der Waals surface area contributed by atoms with Crippen LogP contribution in [0.4, 0.5) is 18.9 Å². The zero-order chi connectivity index (χ0) is 11.0. The zero-order valence-electron chi connectivity index (χ0n) is 6.82. The van der Waals surface area contributed by atoms with Crippen molar-refractivity contribution >= 4 is 24.4 Å². The van der Waals surface area contributed by atoms with Gasteiger partial charge in [-0.1, -0.05) is 0 Å². The van der Waals surface area contributed by atoms with Gasteiger partial charge >= 0.3 is 6.68 Å². The van der Waals surface area contributed by atoms with E-state index in [1.54, 1.807) is 24.3 Å². The molecule has 0 aliphatic carbocycles. The lowest BCUT2D eigenvalue weighted by atomic mass is 10.3. The fourth-order valence-electron chi connectivity index (χ4n) is 0.580. The van der Waals surface area contributed by atoms with E-state index < -0.39 is 6.68 Å². The van der Waals surface area contributed by atoms with Crippen LogP contribution in [0.2, 0.25) is 0 Å². The summed E-state index contributed by atoms with van der Waals surface area (Å²) in [7, 11) is 0. The zero-order valence-corrected chi connectivity index (χ0v) is 7.72. The summed E-state index contributed by atoms with van der Waals surface area (Å²) in [6, 6.07) is 6.93. The molecule has 0 amide bonds. The third-order valence-corrected chi connectivity index (χ3v) is 1.32. The van der Waals surface area contributed by atoms with Gasteiger partial charge in [-0.15, -0.1) is 12.6 Å². The third-order valence-electron chi connectivity index (χ3n) is 1.02. The van der Waals surface area contributed by atoms with Crippen LogP contribution in [0, 0.1) is 0 Å². The monoisotopic (exact) mass is 221 g/mol. The topological polar surface area (TPSA) is 29.4 Å². The molecule has 1 rings (SSSR count). The van der Waals surface area contributed by atoms with Crippen molar-refractivity contribution in [3.8, 4) is 0 Å². The number of hydrogen-bond acceptors (Lipinski definition) is 3. The number of nitrogens with zero attached hydrogens (tertiary/aromatic N) is 1. The van der Waals surface area contributed by atoms with Crippen LogP contribution in [0.15, 0.2) is 34.2 Å². The number of rotatable bonds is 1. The molecule has 1 aromatic carbocycles. The van der Waals surface area contributed by atoms with Crippen LogP contribution >= 0.6 is 12.6 Å². The Morgan fingerprint density at radius 1 is 1.21 bits per heavy atom. The number of hydrogen-bond donors (Lipinski definition) is 1. The summed E-state index contributed by atoms with van der Waals surface area (Å²) in [4.78, 5) is 14.0. The van der Waals surface area contributed by atoms with E-state index in [4.69, 9.17) is 0 Å². The molecule has 0 aromatic heterocycles. The SMILES string of the molecule is FC(F)F.O=C=Nc1ccc(S)cc1. The molecule has 0 spiro atoms. The van der Waals surface area contributed by atoms with Crippen molar-refractivity contribution in [1.82, 2.24) is 0 Å². The standard InChI is InChI=1S/C7H5NOS.CHF3/c9-5-8-6-1-3-7(10)4-2-6;2-1(3)4/h1-4,10H;1H. The highest BCUT2D eigenvalue weighted by Gasteiger charge is 1.86. The van der Waals surface area contributed by atoms with Crippen molar-refractivity contribution in [3.05, 3.63) is 24.3 Å². The van der Waals surface area contributed by atoms with Gasteiger partial charge in [0.15, 0.2) is 0 Å². The first-order chi connectivity index (χ1) is 6.56. The van der Waals surface area contributed by atoms with E-state index in [0.717, 1.165) is 4.90 Å². The summed E-state index contributed by atoms with van der Waals surface area (Å²) in [5.74, 6) is 0. The van der Waals surface area contributed by atoms with E-state index in [9.17, 15) is 18.0 Å². The number of isocyanates is 1. The van der Waals surface area contributed by atoms with E-state index in [0.29, 0.717) is 5.69 Å². The average molecular weight is 221 g/mol. The van der Waals surface area contributed by atoms with Crippen molar-refractivity contribution in [2.24, 2.45) is 4.99 Å². The second-order valence-electron chi connectivity index (χ2n) is 1.97. The predicted octanol–water partition coefficient (Wildman–Crippen LogP) is 3.12. The minimum Gasteiger partial charge on any atom is -0.211 e. The van der Waals surface area contributed by atoms with Crippen molar-refractivity contribution in [2.45, 2.75) is 11.6 Å². The molecule has 0 atom stereocenters. The molecular formula is C8H6F3NOS. The fraction of sp³-hybridized carbons (Fsp3) is 0.125. The minimum atomic E-state index is -3.67. The van der Waals surface area contributed by atoms with Gasteiger partial charge in [-0.3, -0.25) is 0 Å². The summed E-state index contributed by atoms with van der Waals surface area (Å²) >= 11 is 4.06.